The molecule has 1 fully saturated rings. The SMILES string of the molecule is OC1(Oc2ccccc2)CCCCO1. The fourth-order valence-corrected chi connectivity index (χ4v) is 1.51. The molecule has 1 unspecified atom stereocenters. The first kappa shape index (κ1) is 9.49. The highest BCUT2D eigenvalue weighted by Gasteiger charge is 2.32. The summed E-state index contributed by atoms with van der Waals surface area (Å²) in [5.74, 6) is -0.781. The summed E-state index contributed by atoms with van der Waals surface area (Å²) in [6.45, 7) is 0.559. The maximum atomic E-state index is 9.88. The van der Waals surface area contributed by atoms with E-state index in [0.717, 1.165) is 12.8 Å². The van der Waals surface area contributed by atoms with Crippen molar-refractivity contribution in [2.45, 2.75) is 25.2 Å². The predicted octanol–water partition coefficient (Wildman–Crippen LogP) is 1.91. The lowest BCUT2D eigenvalue weighted by molar-refractivity contribution is -0.334. The molecule has 0 aliphatic carbocycles. The van der Waals surface area contributed by atoms with E-state index in [1.165, 1.54) is 0 Å². The Bertz CT molecular complexity index is 278. The van der Waals surface area contributed by atoms with E-state index < -0.39 is 5.97 Å². The van der Waals surface area contributed by atoms with Gasteiger partial charge in [0.2, 0.25) is 0 Å². The number of hydrogen-bond donors (Lipinski definition) is 1. The highest BCUT2D eigenvalue weighted by Crippen LogP contribution is 2.25. The Morgan fingerprint density at radius 3 is 2.64 bits per heavy atom. The number of para-hydroxylation sites is 1. The van der Waals surface area contributed by atoms with Gasteiger partial charge in [-0.3, -0.25) is 0 Å². The van der Waals surface area contributed by atoms with Gasteiger partial charge in [-0.2, -0.15) is 0 Å². The topological polar surface area (TPSA) is 38.7 Å². The fourth-order valence-electron chi connectivity index (χ4n) is 1.51. The quantitative estimate of drug-likeness (QED) is 0.731. The van der Waals surface area contributed by atoms with Crippen LogP contribution in [0.15, 0.2) is 30.3 Å². The van der Waals surface area contributed by atoms with Gasteiger partial charge in [-0.25, -0.2) is 0 Å². The van der Waals surface area contributed by atoms with Crippen molar-refractivity contribution in [3.63, 3.8) is 0 Å². The lowest BCUT2D eigenvalue weighted by atomic mass is 10.2. The lowest BCUT2D eigenvalue weighted by Gasteiger charge is -2.31. The van der Waals surface area contributed by atoms with E-state index in [-0.39, 0.29) is 0 Å². The molecule has 1 aromatic carbocycles. The van der Waals surface area contributed by atoms with Crippen LogP contribution in [0.4, 0.5) is 0 Å². The smallest absolute Gasteiger partial charge is 0.324 e. The summed E-state index contributed by atoms with van der Waals surface area (Å²) >= 11 is 0. The molecule has 0 radical (unpaired) electrons. The van der Waals surface area contributed by atoms with E-state index in [2.05, 4.69) is 0 Å². The monoisotopic (exact) mass is 194 g/mol. The van der Waals surface area contributed by atoms with Crippen molar-refractivity contribution in [1.82, 2.24) is 0 Å². The van der Waals surface area contributed by atoms with Crippen molar-refractivity contribution in [2.24, 2.45) is 0 Å². The van der Waals surface area contributed by atoms with Crippen LogP contribution >= 0.6 is 0 Å². The van der Waals surface area contributed by atoms with Crippen LogP contribution in [0.25, 0.3) is 0 Å². The summed E-state index contributed by atoms with van der Waals surface area (Å²) in [6.07, 6.45) is 2.45. The predicted molar refractivity (Wildman–Crippen MR) is 51.8 cm³/mol. The Balaban J connectivity index is 2.02. The molecule has 0 saturated carbocycles. The molecule has 0 amide bonds. The van der Waals surface area contributed by atoms with Crippen LogP contribution in [0.1, 0.15) is 19.3 Å². The zero-order valence-corrected chi connectivity index (χ0v) is 7.98. The van der Waals surface area contributed by atoms with Crippen LogP contribution < -0.4 is 4.74 Å². The standard InChI is InChI=1S/C11H14O3/c12-11(8-4-5-9-13-11)14-10-6-2-1-3-7-10/h1-3,6-7,12H,4-5,8-9H2. The normalized spacial score (nSPS) is 27.2. The third-order valence-corrected chi connectivity index (χ3v) is 2.24. The fraction of sp³-hybridized carbons (Fsp3) is 0.455. The Morgan fingerprint density at radius 2 is 2.00 bits per heavy atom. The van der Waals surface area contributed by atoms with Crippen molar-refractivity contribution >= 4 is 0 Å². The van der Waals surface area contributed by atoms with Crippen molar-refractivity contribution in [3.8, 4) is 5.75 Å². The molecule has 0 spiro atoms. The Labute approximate surface area is 83.3 Å². The first-order valence-electron chi connectivity index (χ1n) is 4.89. The number of rotatable bonds is 2. The van der Waals surface area contributed by atoms with Crippen molar-refractivity contribution in [1.29, 1.82) is 0 Å². The van der Waals surface area contributed by atoms with Crippen LogP contribution in [-0.4, -0.2) is 17.7 Å². The molecular formula is C11H14O3. The van der Waals surface area contributed by atoms with Gasteiger partial charge in [-0.15, -0.1) is 0 Å². The Morgan fingerprint density at radius 1 is 1.21 bits per heavy atom. The molecule has 1 heterocycles. The summed E-state index contributed by atoms with van der Waals surface area (Å²) in [5, 5.41) is 9.88. The molecule has 1 aromatic rings. The number of ether oxygens (including phenoxy) is 2. The second-order valence-corrected chi connectivity index (χ2v) is 3.43. The maximum Gasteiger partial charge on any atom is 0.324 e. The van der Waals surface area contributed by atoms with Gasteiger partial charge in [-0.1, -0.05) is 18.2 Å². The van der Waals surface area contributed by atoms with Gasteiger partial charge in [0.25, 0.3) is 0 Å². The van der Waals surface area contributed by atoms with Gasteiger partial charge in [-0.05, 0) is 25.0 Å². The van der Waals surface area contributed by atoms with E-state index in [0.29, 0.717) is 18.8 Å². The average Bonchev–Trinajstić information content (AvgIpc) is 2.19. The zero-order chi connectivity index (χ0) is 9.86. The minimum absolute atomic E-state index is 0.530. The summed E-state index contributed by atoms with van der Waals surface area (Å²) in [6, 6.07) is 9.23. The third kappa shape index (κ3) is 2.25. The molecule has 0 aromatic heterocycles. The number of hydrogen-bond acceptors (Lipinski definition) is 3. The molecule has 1 N–H and O–H groups in total. The first-order valence-corrected chi connectivity index (χ1v) is 4.89. The third-order valence-electron chi connectivity index (χ3n) is 2.24. The van der Waals surface area contributed by atoms with E-state index in [4.69, 9.17) is 9.47 Å². The molecule has 1 aliphatic heterocycles. The van der Waals surface area contributed by atoms with Gasteiger partial charge in [0.15, 0.2) is 0 Å². The molecule has 1 aliphatic rings. The summed E-state index contributed by atoms with van der Waals surface area (Å²) in [4.78, 5) is 0. The molecule has 1 atom stereocenters. The maximum absolute atomic E-state index is 9.88. The molecule has 3 nitrogen and oxygen atoms in total. The molecule has 2 rings (SSSR count). The number of benzene rings is 1. The van der Waals surface area contributed by atoms with Gasteiger partial charge in [0.05, 0.1) is 6.61 Å². The molecule has 14 heavy (non-hydrogen) atoms. The highest BCUT2D eigenvalue weighted by atomic mass is 16.8. The highest BCUT2D eigenvalue weighted by molar-refractivity contribution is 5.21. The molecule has 1 saturated heterocycles. The second kappa shape index (κ2) is 3.98. The van der Waals surface area contributed by atoms with Crippen molar-refractivity contribution in [3.05, 3.63) is 30.3 Å². The molecule has 76 valence electrons. The van der Waals surface area contributed by atoms with Gasteiger partial charge < -0.3 is 14.6 Å². The van der Waals surface area contributed by atoms with Crippen LogP contribution in [0.5, 0.6) is 5.75 Å². The van der Waals surface area contributed by atoms with E-state index in [1.807, 2.05) is 18.2 Å². The molecular weight excluding hydrogens is 180 g/mol. The largest absolute Gasteiger partial charge is 0.439 e. The first-order chi connectivity index (χ1) is 6.79. The summed E-state index contributed by atoms with van der Waals surface area (Å²) < 4.78 is 10.6. The summed E-state index contributed by atoms with van der Waals surface area (Å²) in [7, 11) is 0. The van der Waals surface area contributed by atoms with Crippen molar-refractivity contribution in [2.75, 3.05) is 6.61 Å². The second-order valence-electron chi connectivity index (χ2n) is 3.43. The van der Waals surface area contributed by atoms with Crippen LogP contribution in [0, 0.1) is 0 Å². The van der Waals surface area contributed by atoms with Crippen molar-refractivity contribution < 1.29 is 14.6 Å². The van der Waals surface area contributed by atoms with E-state index in [1.54, 1.807) is 12.1 Å². The average molecular weight is 194 g/mol. The van der Waals surface area contributed by atoms with Gasteiger partial charge in [0, 0.05) is 6.42 Å². The molecule has 3 heteroatoms. The van der Waals surface area contributed by atoms with Crippen LogP contribution in [0.2, 0.25) is 0 Å². The minimum atomic E-state index is -1.42. The van der Waals surface area contributed by atoms with Crippen LogP contribution in [-0.2, 0) is 4.74 Å². The zero-order valence-electron chi connectivity index (χ0n) is 7.98. The molecule has 0 bridgehead atoms. The lowest BCUT2D eigenvalue weighted by Crippen LogP contribution is -2.41. The van der Waals surface area contributed by atoms with Crippen LogP contribution in [0.3, 0.4) is 0 Å². The minimum Gasteiger partial charge on any atom is -0.439 e. The number of aliphatic hydroxyl groups is 1. The Kier molecular flexibility index (Phi) is 2.70. The van der Waals surface area contributed by atoms with Gasteiger partial charge in [0.1, 0.15) is 5.75 Å². The van der Waals surface area contributed by atoms with Gasteiger partial charge >= 0.3 is 5.97 Å². The van der Waals surface area contributed by atoms with E-state index in [9.17, 15) is 5.11 Å². The summed E-state index contributed by atoms with van der Waals surface area (Å²) in [5.41, 5.74) is 0. The Hall–Kier alpha value is -1.06. The van der Waals surface area contributed by atoms with E-state index >= 15 is 0 Å².